The van der Waals surface area contributed by atoms with Crippen LogP contribution in [0.4, 0.5) is 0 Å². The van der Waals surface area contributed by atoms with Gasteiger partial charge in [0, 0.05) is 5.56 Å². The molecule has 0 aliphatic rings. The van der Waals surface area contributed by atoms with Crippen LogP contribution in [0.15, 0.2) is 84.9 Å². The summed E-state index contributed by atoms with van der Waals surface area (Å²) >= 11 is 0. The summed E-state index contributed by atoms with van der Waals surface area (Å²) in [6.07, 6.45) is 0. The molecule has 5 aromatic carbocycles. The molecular weight excluding hydrogens is 360 g/mol. The van der Waals surface area contributed by atoms with Crippen LogP contribution in [-0.4, -0.2) is 18.2 Å². The van der Waals surface area contributed by atoms with Gasteiger partial charge in [0.15, 0.2) is 0 Å². The van der Waals surface area contributed by atoms with Gasteiger partial charge in [-0.15, -0.1) is 0 Å². The largest absolute Gasteiger partial charge is 0.507 e. The molecule has 3 nitrogen and oxygen atoms in total. The lowest BCUT2D eigenvalue weighted by Gasteiger charge is -2.15. The highest BCUT2D eigenvalue weighted by atomic mass is 16.5. The summed E-state index contributed by atoms with van der Waals surface area (Å²) in [5, 5.41) is 16.9. The molecule has 0 bridgehead atoms. The number of esters is 1. The summed E-state index contributed by atoms with van der Waals surface area (Å²) in [6, 6.07) is 27.4. The fourth-order valence-electron chi connectivity index (χ4n) is 4.10. The molecular formula is C26H18O3. The molecule has 3 heteroatoms. The fourth-order valence-corrected chi connectivity index (χ4v) is 4.10. The number of rotatable bonds is 2. The molecule has 0 aliphatic heterocycles. The van der Waals surface area contributed by atoms with Crippen molar-refractivity contribution in [3.05, 3.63) is 90.5 Å². The van der Waals surface area contributed by atoms with E-state index in [4.69, 9.17) is 4.74 Å². The van der Waals surface area contributed by atoms with E-state index in [2.05, 4.69) is 18.2 Å². The lowest BCUT2D eigenvalue weighted by Crippen LogP contribution is -2.01. The van der Waals surface area contributed by atoms with Crippen molar-refractivity contribution in [1.29, 1.82) is 0 Å². The quantitative estimate of drug-likeness (QED) is 0.289. The molecule has 0 saturated carbocycles. The topological polar surface area (TPSA) is 46.5 Å². The summed E-state index contributed by atoms with van der Waals surface area (Å²) in [5.41, 5.74) is 2.14. The monoisotopic (exact) mass is 378 g/mol. The molecule has 29 heavy (non-hydrogen) atoms. The van der Waals surface area contributed by atoms with Crippen molar-refractivity contribution in [3.8, 4) is 16.9 Å². The van der Waals surface area contributed by atoms with Gasteiger partial charge in [-0.3, -0.25) is 0 Å². The average molecular weight is 378 g/mol. The average Bonchev–Trinajstić information content (AvgIpc) is 2.77. The standard InChI is InChI=1S/C26H18O3/c1-29-26(28)18-10-12-21-19-8-4-3-7-17(19)14-23(22(21)15-18)25-20-9-5-2-6-16(20)11-13-24(25)27/h2-15,27H,1H3. The number of ether oxygens (including phenoxy) is 1. The van der Waals surface area contributed by atoms with Crippen LogP contribution < -0.4 is 0 Å². The van der Waals surface area contributed by atoms with Gasteiger partial charge in [0.2, 0.25) is 0 Å². The summed E-state index contributed by atoms with van der Waals surface area (Å²) in [7, 11) is 1.38. The Morgan fingerprint density at radius 1 is 0.724 bits per heavy atom. The Morgan fingerprint density at radius 2 is 1.45 bits per heavy atom. The number of methoxy groups -OCH3 is 1. The fraction of sp³-hybridized carbons (Fsp3) is 0.0385. The molecule has 0 saturated heterocycles. The third-order valence-corrected chi connectivity index (χ3v) is 5.46. The number of carbonyl (C=O) groups is 1. The summed E-state index contributed by atoms with van der Waals surface area (Å²) in [5.74, 6) is -0.170. The van der Waals surface area contributed by atoms with E-state index in [9.17, 15) is 9.90 Å². The number of carbonyl (C=O) groups excluding carboxylic acids is 1. The minimum absolute atomic E-state index is 0.212. The van der Waals surface area contributed by atoms with Gasteiger partial charge in [0.1, 0.15) is 5.75 Å². The number of aromatic hydroxyl groups is 1. The summed E-state index contributed by atoms with van der Waals surface area (Å²) < 4.78 is 4.92. The maximum Gasteiger partial charge on any atom is 0.337 e. The van der Waals surface area contributed by atoms with E-state index in [1.54, 1.807) is 12.1 Å². The molecule has 5 rings (SSSR count). The first-order valence-electron chi connectivity index (χ1n) is 9.42. The molecule has 0 atom stereocenters. The first-order valence-corrected chi connectivity index (χ1v) is 9.42. The molecule has 0 spiro atoms. The smallest absolute Gasteiger partial charge is 0.337 e. The van der Waals surface area contributed by atoms with E-state index in [1.807, 2.05) is 54.6 Å². The molecule has 5 aromatic rings. The lowest BCUT2D eigenvalue weighted by molar-refractivity contribution is 0.0601. The second kappa shape index (κ2) is 6.64. The van der Waals surface area contributed by atoms with Gasteiger partial charge < -0.3 is 9.84 Å². The van der Waals surface area contributed by atoms with Crippen LogP contribution in [0.1, 0.15) is 10.4 Å². The van der Waals surface area contributed by atoms with Crippen LogP contribution in [-0.2, 0) is 4.74 Å². The molecule has 0 fully saturated rings. The molecule has 0 aliphatic carbocycles. The molecule has 0 amide bonds. The predicted octanol–water partition coefficient (Wildman–Crippen LogP) is 6.31. The summed E-state index contributed by atoms with van der Waals surface area (Å²) in [4.78, 5) is 12.2. The van der Waals surface area contributed by atoms with Crippen LogP contribution in [0, 0.1) is 0 Å². The Hall–Kier alpha value is -3.85. The Bertz CT molecular complexity index is 1420. The Labute approximate surface area is 167 Å². The van der Waals surface area contributed by atoms with E-state index in [0.717, 1.165) is 43.4 Å². The Kier molecular flexibility index (Phi) is 3.95. The Balaban J connectivity index is 1.97. The zero-order chi connectivity index (χ0) is 20.0. The van der Waals surface area contributed by atoms with Gasteiger partial charge >= 0.3 is 5.97 Å². The van der Waals surface area contributed by atoms with Gasteiger partial charge in [0.05, 0.1) is 12.7 Å². The van der Waals surface area contributed by atoms with Crippen molar-refractivity contribution in [2.24, 2.45) is 0 Å². The van der Waals surface area contributed by atoms with Gasteiger partial charge in [-0.25, -0.2) is 4.79 Å². The second-order valence-electron chi connectivity index (χ2n) is 7.08. The van der Waals surface area contributed by atoms with E-state index in [1.165, 1.54) is 7.11 Å². The van der Waals surface area contributed by atoms with Gasteiger partial charge in [-0.05, 0) is 62.1 Å². The van der Waals surface area contributed by atoms with Gasteiger partial charge in [-0.2, -0.15) is 0 Å². The minimum atomic E-state index is -0.381. The van der Waals surface area contributed by atoms with Crippen molar-refractivity contribution in [3.63, 3.8) is 0 Å². The Morgan fingerprint density at radius 3 is 2.24 bits per heavy atom. The number of phenolic OH excluding ortho intramolecular Hbond substituents is 1. The van der Waals surface area contributed by atoms with Crippen molar-refractivity contribution in [1.82, 2.24) is 0 Å². The molecule has 0 heterocycles. The van der Waals surface area contributed by atoms with Crippen LogP contribution in [0.2, 0.25) is 0 Å². The van der Waals surface area contributed by atoms with E-state index in [0.29, 0.717) is 5.56 Å². The number of phenols is 1. The normalized spacial score (nSPS) is 11.2. The molecule has 0 aromatic heterocycles. The minimum Gasteiger partial charge on any atom is -0.507 e. The highest BCUT2D eigenvalue weighted by molar-refractivity contribution is 6.18. The molecule has 1 N–H and O–H groups in total. The van der Waals surface area contributed by atoms with Crippen LogP contribution in [0.3, 0.4) is 0 Å². The van der Waals surface area contributed by atoms with Crippen molar-refractivity contribution in [2.45, 2.75) is 0 Å². The highest BCUT2D eigenvalue weighted by Crippen LogP contribution is 2.42. The van der Waals surface area contributed by atoms with E-state index >= 15 is 0 Å². The molecule has 0 unspecified atom stereocenters. The second-order valence-corrected chi connectivity index (χ2v) is 7.08. The number of hydrogen-bond acceptors (Lipinski definition) is 3. The van der Waals surface area contributed by atoms with Crippen LogP contribution in [0.25, 0.3) is 43.4 Å². The van der Waals surface area contributed by atoms with Crippen molar-refractivity contribution >= 4 is 38.3 Å². The number of benzene rings is 5. The van der Waals surface area contributed by atoms with Crippen molar-refractivity contribution in [2.75, 3.05) is 7.11 Å². The van der Waals surface area contributed by atoms with Gasteiger partial charge in [-0.1, -0.05) is 60.7 Å². The van der Waals surface area contributed by atoms with E-state index in [-0.39, 0.29) is 11.7 Å². The predicted molar refractivity (Wildman–Crippen MR) is 117 cm³/mol. The molecule has 140 valence electrons. The molecule has 0 radical (unpaired) electrons. The first kappa shape index (κ1) is 17.3. The zero-order valence-electron chi connectivity index (χ0n) is 15.8. The number of fused-ring (bicyclic) bond motifs is 4. The first-order chi connectivity index (χ1) is 14.2. The van der Waals surface area contributed by atoms with E-state index < -0.39 is 0 Å². The number of hydrogen-bond donors (Lipinski definition) is 1. The maximum atomic E-state index is 12.2. The van der Waals surface area contributed by atoms with Crippen LogP contribution in [0.5, 0.6) is 5.75 Å². The van der Waals surface area contributed by atoms with Crippen LogP contribution >= 0.6 is 0 Å². The summed E-state index contributed by atoms with van der Waals surface area (Å²) in [6.45, 7) is 0. The van der Waals surface area contributed by atoms with Crippen molar-refractivity contribution < 1.29 is 14.6 Å². The zero-order valence-corrected chi connectivity index (χ0v) is 15.8. The van der Waals surface area contributed by atoms with Gasteiger partial charge in [0.25, 0.3) is 0 Å². The lowest BCUT2D eigenvalue weighted by atomic mass is 9.89. The highest BCUT2D eigenvalue weighted by Gasteiger charge is 2.16. The third-order valence-electron chi connectivity index (χ3n) is 5.46. The SMILES string of the molecule is COC(=O)c1ccc2c(c1)c(-c1c(O)ccc3ccccc13)cc1ccccc12. The third kappa shape index (κ3) is 2.71. The maximum absolute atomic E-state index is 12.2.